The number of hydrogen-bond donors (Lipinski definition) is 0. The van der Waals surface area contributed by atoms with Gasteiger partial charge in [0.15, 0.2) is 0 Å². The van der Waals surface area contributed by atoms with E-state index in [0.717, 1.165) is 0 Å². The third-order valence-electron chi connectivity index (χ3n) is 1.40. The van der Waals surface area contributed by atoms with E-state index in [1.54, 1.807) is 25.0 Å². The Balaban J connectivity index is -0.000000182. The third kappa shape index (κ3) is 15.3. The average molecular weight is 453 g/mol. The molecule has 0 spiro atoms. The second-order valence-electron chi connectivity index (χ2n) is 2.96. The Hall–Kier alpha value is -0.682. The first kappa shape index (κ1) is 22.5. The molecule has 0 fully saturated rings. The van der Waals surface area contributed by atoms with Crippen LogP contribution in [-0.4, -0.2) is 32.2 Å². The van der Waals surface area contributed by atoms with Gasteiger partial charge in [0.25, 0.3) is 0 Å². The predicted octanol–water partition coefficient (Wildman–Crippen LogP) is -1.07. The van der Waals surface area contributed by atoms with Crippen molar-refractivity contribution in [3.8, 4) is 0 Å². The Morgan fingerprint density at radius 2 is 1.22 bits per heavy atom. The van der Waals surface area contributed by atoms with Crippen molar-refractivity contribution in [3.05, 3.63) is 48.9 Å². The molecule has 2 N–H and O–H groups in total. The molecule has 2 heterocycles. The normalized spacial score (nSPS) is 7.56. The number of rotatable bonds is 1. The Kier molecular flexibility index (Phi) is 20.4. The number of nitrogens with zero attached hydrogens (tertiary/aromatic N) is 4. The van der Waals surface area contributed by atoms with Gasteiger partial charge in [-0.15, -0.1) is 0 Å². The number of imidazole rings is 2. The molecule has 0 aromatic carbocycles. The summed E-state index contributed by atoms with van der Waals surface area (Å²) in [5.74, 6) is 0. The molecule has 0 bridgehead atoms. The minimum Gasteiger partial charge on any atom is -1.00 e. The Bertz CT molecular complexity index is 290. The molecule has 6 nitrogen and oxygen atoms in total. The van der Waals surface area contributed by atoms with Crippen LogP contribution in [0, 0.1) is 0 Å². The molecular formula is C10H18ClN6Pt+. The van der Waals surface area contributed by atoms with Crippen molar-refractivity contribution in [2.75, 3.05) is 13.1 Å². The minimum absolute atomic E-state index is 0. The molecule has 2 aromatic heterocycles. The summed E-state index contributed by atoms with van der Waals surface area (Å²) in [6, 6.07) is 0. The molecule has 0 unspecified atom stereocenters. The molecule has 0 aliphatic heterocycles. The zero-order valence-electron chi connectivity index (χ0n) is 10.4. The monoisotopic (exact) mass is 452 g/mol. The summed E-state index contributed by atoms with van der Waals surface area (Å²) in [6.45, 7) is 0.472. The summed E-state index contributed by atoms with van der Waals surface area (Å²) < 4.78 is 3.78. The summed E-state index contributed by atoms with van der Waals surface area (Å²) in [5, 5.41) is 0. The molecule has 2 aromatic rings. The summed E-state index contributed by atoms with van der Waals surface area (Å²) in [5.41, 5.74) is 12.5. The van der Waals surface area contributed by atoms with Crippen LogP contribution in [0.2, 0.25) is 0 Å². The maximum absolute atomic E-state index is 6.26. The SMILES string of the molecule is Cn1ccnc1.Cn1ccnc1.[Cl-].[NH-]CC[NH-].[Pt+4]. The summed E-state index contributed by atoms with van der Waals surface area (Å²) in [4.78, 5) is 7.57. The van der Waals surface area contributed by atoms with Crippen molar-refractivity contribution < 1.29 is 33.5 Å². The van der Waals surface area contributed by atoms with E-state index in [-0.39, 0.29) is 46.6 Å². The summed E-state index contributed by atoms with van der Waals surface area (Å²) in [6.07, 6.45) is 10.8. The van der Waals surface area contributed by atoms with Crippen LogP contribution in [0.25, 0.3) is 11.5 Å². The van der Waals surface area contributed by atoms with Gasteiger partial charge in [-0.1, -0.05) is 0 Å². The molecular weight excluding hydrogens is 435 g/mol. The van der Waals surface area contributed by atoms with Crippen LogP contribution < -0.4 is 12.4 Å². The zero-order chi connectivity index (χ0) is 12.2. The molecule has 0 amide bonds. The van der Waals surface area contributed by atoms with E-state index in [1.165, 1.54) is 0 Å². The minimum atomic E-state index is 0. The second-order valence-corrected chi connectivity index (χ2v) is 2.96. The van der Waals surface area contributed by atoms with E-state index in [9.17, 15) is 0 Å². The Labute approximate surface area is 128 Å². The summed E-state index contributed by atoms with van der Waals surface area (Å²) in [7, 11) is 3.88. The van der Waals surface area contributed by atoms with Gasteiger partial charge in [-0.25, -0.2) is 9.97 Å². The van der Waals surface area contributed by atoms with Gasteiger partial charge in [0.05, 0.1) is 12.7 Å². The van der Waals surface area contributed by atoms with E-state index in [0.29, 0.717) is 0 Å². The Morgan fingerprint density at radius 1 is 0.889 bits per heavy atom. The fraction of sp³-hybridized carbons (Fsp3) is 0.400. The number of nitrogens with one attached hydrogen (secondary N) is 2. The van der Waals surface area contributed by atoms with Crippen molar-refractivity contribution >= 4 is 0 Å². The molecule has 0 aliphatic carbocycles. The van der Waals surface area contributed by atoms with Gasteiger partial charge >= 0.3 is 21.1 Å². The van der Waals surface area contributed by atoms with Crippen LogP contribution in [0.4, 0.5) is 0 Å². The van der Waals surface area contributed by atoms with Gasteiger partial charge in [0.2, 0.25) is 0 Å². The molecule has 104 valence electrons. The fourth-order valence-corrected chi connectivity index (χ4v) is 0.652. The van der Waals surface area contributed by atoms with Crippen LogP contribution in [-0.2, 0) is 35.2 Å². The number of hydrogen-bond acceptors (Lipinski definition) is 2. The smallest absolute Gasteiger partial charge is 1.00 e. The van der Waals surface area contributed by atoms with Gasteiger partial charge in [-0.05, 0) is 0 Å². The number of aromatic nitrogens is 4. The molecule has 8 heteroatoms. The third-order valence-corrected chi connectivity index (χ3v) is 1.40. The first-order valence-electron chi connectivity index (χ1n) is 4.83. The van der Waals surface area contributed by atoms with Gasteiger partial charge in [0, 0.05) is 38.9 Å². The van der Waals surface area contributed by atoms with Gasteiger partial charge in [0.1, 0.15) is 0 Å². The molecule has 0 atom stereocenters. The van der Waals surface area contributed by atoms with E-state index in [2.05, 4.69) is 9.97 Å². The molecule has 0 radical (unpaired) electrons. The van der Waals surface area contributed by atoms with Crippen LogP contribution in [0.3, 0.4) is 0 Å². The molecule has 2 rings (SSSR count). The first-order chi connectivity index (χ1) is 7.70. The van der Waals surface area contributed by atoms with Crippen molar-refractivity contribution in [2.24, 2.45) is 14.1 Å². The van der Waals surface area contributed by atoms with Crippen LogP contribution >= 0.6 is 0 Å². The van der Waals surface area contributed by atoms with Gasteiger partial charge in [-0.2, -0.15) is 13.1 Å². The van der Waals surface area contributed by atoms with E-state index in [4.69, 9.17) is 11.5 Å². The molecule has 18 heavy (non-hydrogen) atoms. The maximum atomic E-state index is 6.26. The second kappa shape index (κ2) is 16.3. The Morgan fingerprint density at radius 3 is 1.28 bits per heavy atom. The number of halogens is 1. The van der Waals surface area contributed by atoms with Gasteiger partial charge < -0.3 is 33.0 Å². The van der Waals surface area contributed by atoms with Crippen LogP contribution in [0.15, 0.2) is 37.4 Å². The van der Waals surface area contributed by atoms with Crippen LogP contribution in [0.1, 0.15) is 0 Å². The van der Waals surface area contributed by atoms with E-state index < -0.39 is 0 Å². The van der Waals surface area contributed by atoms with Crippen LogP contribution in [0.5, 0.6) is 0 Å². The van der Waals surface area contributed by atoms with Crippen molar-refractivity contribution in [1.29, 1.82) is 0 Å². The topological polar surface area (TPSA) is 83.2 Å². The molecule has 0 aliphatic rings. The fourth-order valence-electron chi connectivity index (χ4n) is 0.652. The first-order valence-corrected chi connectivity index (χ1v) is 4.83. The quantitative estimate of drug-likeness (QED) is 0.552. The van der Waals surface area contributed by atoms with Crippen molar-refractivity contribution in [1.82, 2.24) is 19.1 Å². The molecule has 0 saturated carbocycles. The summed E-state index contributed by atoms with van der Waals surface area (Å²) >= 11 is 0. The number of aryl methyl sites for hydroxylation is 2. The van der Waals surface area contributed by atoms with Crippen molar-refractivity contribution in [3.63, 3.8) is 0 Å². The largest absolute Gasteiger partial charge is 4.00 e. The van der Waals surface area contributed by atoms with E-state index in [1.807, 2.05) is 35.6 Å². The molecule has 0 saturated heterocycles. The maximum Gasteiger partial charge on any atom is 4.00 e. The van der Waals surface area contributed by atoms with Gasteiger partial charge in [-0.3, -0.25) is 0 Å². The van der Waals surface area contributed by atoms with Crippen molar-refractivity contribution in [2.45, 2.75) is 0 Å². The van der Waals surface area contributed by atoms with E-state index >= 15 is 0 Å². The predicted molar refractivity (Wildman–Crippen MR) is 64.8 cm³/mol. The zero-order valence-corrected chi connectivity index (χ0v) is 13.4. The standard InChI is InChI=1S/2C4H6N2.C2H6N2.ClH.Pt/c2*1-6-3-2-5-4-6;3-1-2-4;;/h2*2-4H,1H3;3-4H,1-2H2;1H;/q;;-2;;+4/p-1. The average Bonchev–Trinajstić information content (AvgIpc) is 2.93.